The SMILES string of the molecule is CCCC(Oc1ccc(-c2ccc(OC(CCC)S(=O)(=O)O)cc2)cc1)S(=O)(=O)O.[H-].[Na+]. The molecule has 0 heterocycles. The van der Waals surface area contributed by atoms with E-state index >= 15 is 0 Å². The molecule has 2 aromatic carbocycles. The molecule has 0 aromatic heterocycles. The van der Waals surface area contributed by atoms with E-state index in [-0.39, 0.29) is 43.8 Å². The van der Waals surface area contributed by atoms with Crippen molar-refractivity contribution in [2.45, 2.75) is 50.4 Å². The van der Waals surface area contributed by atoms with Crippen LogP contribution in [0.1, 0.15) is 41.0 Å². The molecule has 0 spiro atoms. The van der Waals surface area contributed by atoms with E-state index in [2.05, 4.69) is 0 Å². The maximum atomic E-state index is 11.4. The van der Waals surface area contributed by atoms with Crippen molar-refractivity contribution >= 4 is 20.2 Å². The molecule has 0 saturated heterocycles. The minimum Gasteiger partial charge on any atom is -1.00 e. The van der Waals surface area contributed by atoms with E-state index in [0.717, 1.165) is 11.1 Å². The van der Waals surface area contributed by atoms with Gasteiger partial charge < -0.3 is 10.9 Å². The summed E-state index contributed by atoms with van der Waals surface area (Å²) in [5, 5.41) is 0. The first kappa shape index (κ1) is 27.9. The van der Waals surface area contributed by atoms with Crippen LogP contribution in [0.25, 0.3) is 11.1 Å². The minimum atomic E-state index is -4.31. The average molecular weight is 483 g/mol. The summed E-state index contributed by atoms with van der Waals surface area (Å²) in [4.78, 5) is 0. The summed E-state index contributed by atoms with van der Waals surface area (Å²) < 4.78 is 74.9. The Morgan fingerprint density at radius 2 is 1.00 bits per heavy atom. The Kier molecular flexibility index (Phi) is 11.0. The summed E-state index contributed by atoms with van der Waals surface area (Å²) in [5.41, 5.74) is -1.01. The number of hydrogen-bond acceptors (Lipinski definition) is 6. The van der Waals surface area contributed by atoms with Gasteiger partial charge in [-0.2, -0.15) is 16.8 Å². The van der Waals surface area contributed by atoms with Crippen LogP contribution in [-0.2, 0) is 20.2 Å². The van der Waals surface area contributed by atoms with Crippen molar-refractivity contribution in [3.8, 4) is 22.6 Å². The molecule has 0 aliphatic rings. The van der Waals surface area contributed by atoms with E-state index in [4.69, 9.17) is 9.47 Å². The van der Waals surface area contributed by atoms with Crippen molar-refractivity contribution < 1.29 is 66.4 Å². The van der Waals surface area contributed by atoms with Gasteiger partial charge in [0.1, 0.15) is 11.5 Å². The Hall–Kier alpha value is -1.14. The Balaban J connectivity index is 0.00000480. The van der Waals surface area contributed by atoms with Gasteiger partial charge in [-0.05, 0) is 35.4 Å². The van der Waals surface area contributed by atoms with Crippen molar-refractivity contribution in [2.75, 3.05) is 0 Å². The van der Waals surface area contributed by atoms with Crippen molar-refractivity contribution in [3.63, 3.8) is 0 Å². The van der Waals surface area contributed by atoms with Crippen LogP contribution in [0.5, 0.6) is 11.5 Å². The second-order valence-corrected chi connectivity index (χ2v) is 9.86. The van der Waals surface area contributed by atoms with Crippen molar-refractivity contribution in [3.05, 3.63) is 48.5 Å². The van der Waals surface area contributed by atoms with Crippen molar-refractivity contribution in [1.29, 1.82) is 0 Å². The van der Waals surface area contributed by atoms with Gasteiger partial charge >= 0.3 is 49.8 Å². The molecule has 168 valence electrons. The third kappa shape index (κ3) is 8.72. The van der Waals surface area contributed by atoms with Gasteiger partial charge in [-0.25, -0.2) is 0 Å². The predicted octanol–water partition coefficient (Wildman–Crippen LogP) is 1.26. The van der Waals surface area contributed by atoms with Gasteiger partial charge in [-0.3, -0.25) is 9.11 Å². The molecule has 2 unspecified atom stereocenters. The molecule has 0 fully saturated rings. The van der Waals surface area contributed by atoms with Crippen LogP contribution in [0.2, 0.25) is 0 Å². The normalized spacial score (nSPS) is 13.7. The molecule has 2 N–H and O–H groups in total. The number of benzene rings is 2. The summed E-state index contributed by atoms with van der Waals surface area (Å²) >= 11 is 0. The standard InChI is InChI=1S/C20H26O8S2.Na.H/c1-3-5-19(29(21,22)23)27-17-11-7-15(8-12-17)16-9-13-18(14-10-16)28-20(6-4-2)30(24,25)26;;/h7-14,19-20H,3-6H2,1-2H3,(H,21,22,23)(H,24,25,26);;/q;+1;-1. The van der Waals surface area contributed by atoms with Gasteiger partial charge in [-0.1, -0.05) is 51.0 Å². The van der Waals surface area contributed by atoms with E-state index in [1.54, 1.807) is 62.4 Å². The Morgan fingerprint density at radius 3 is 1.23 bits per heavy atom. The summed E-state index contributed by atoms with van der Waals surface area (Å²) in [5.74, 6) is 0.621. The molecular weight excluding hydrogens is 455 g/mol. The van der Waals surface area contributed by atoms with Gasteiger partial charge in [-0.15, -0.1) is 0 Å². The second-order valence-electron chi connectivity index (χ2n) is 6.75. The summed E-state index contributed by atoms with van der Waals surface area (Å²) in [6.45, 7) is 3.58. The first-order valence-electron chi connectivity index (χ1n) is 9.51. The fourth-order valence-electron chi connectivity index (χ4n) is 2.76. The quantitative estimate of drug-likeness (QED) is 0.362. The Labute approximate surface area is 207 Å². The first-order valence-corrected chi connectivity index (χ1v) is 12.5. The van der Waals surface area contributed by atoms with Crippen LogP contribution in [0.4, 0.5) is 0 Å². The van der Waals surface area contributed by atoms with E-state index in [0.29, 0.717) is 24.3 Å². The molecule has 0 aliphatic carbocycles. The fourth-order valence-corrected chi connectivity index (χ4v) is 4.30. The molecule has 11 heteroatoms. The predicted molar refractivity (Wildman–Crippen MR) is 115 cm³/mol. The molecule has 2 rings (SSSR count). The number of hydrogen-bond donors (Lipinski definition) is 2. The largest absolute Gasteiger partial charge is 1.00 e. The zero-order valence-electron chi connectivity index (χ0n) is 18.8. The molecule has 0 bridgehead atoms. The molecule has 2 aromatic rings. The van der Waals surface area contributed by atoms with Crippen LogP contribution in [0, 0.1) is 0 Å². The molecule has 31 heavy (non-hydrogen) atoms. The van der Waals surface area contributed by atoms with Gasteiger partial charge in [0, 0.05) is 12.8 Å². The van der Waals surface area contributed by atoms with Crippen LogP contribution in [0.15, 0.2) is 48.5 Å². The molecule has 8 nitrogen and oxygen atoms in total. The molecule has 0 saturated carbocycles. The third-order valence-electron chi connectivity index (χ3n) is 4.29. The van der Waals surface area contributed by atoms with Gasteiger partial charge in [0.2, 0.25) is 10.9 Å². The van der Waals surface area contributed by atoms with E-state index in [9.17, 15) is 25.9 Å². The molecule has 0 aliphatic heterocycles. The number of rotatable bonds is 11. The smallest absolute Gasteiger partial charge is 1.00 e. The third-order valence-corrected chi connectivity index (χ3v) is 6.28. The summed E-state index contributed by atoms with van der Waals surface area (Å²) in [6.07, 6.45) is 1.41. The molecule has 0 amide bonds. The van der Waals surface area contributed by atoms with Crippen LogP contribution >= 0.6 is 0 Å². The fraction of sp³-hybridized carbons (Fsp3) is 0.400. The van der Waals surface area contributed by atoms with E-state index < -0.39 is 31.1 Å². The molecular formula is C20H27NaO8S2. The summed E-state index contributed by atoms with van der Waals surface area (Å²) in [6, 6.07) is 13.3. The zero-order valence-corrected chi connectivity index (χ0v) is 21.4. The average Bonchev–Trinajstić information content (AvgIpc) is 2.67. The van der Waals surface area contributed by atoms with Gasteiger partial charge in [0.15, 0.2) is 0 Å². The van der Waals surface area contributed by atoms with Gasteiger partial charge in [0.25, 0.3) is 0 Å². The van der Waals surface area contributed by atoms with Crippen LogP contribution < -0.4 is 39.0 Å². The van der Waals surface area contributed by atoms with Crippen LogP contribution in [0.3, 0.4) is 0 Å². The van der Waals surface area contributed by atoms with Crippen molar-refractivity contribution in [2.24, 2.45) is 0 Å². The monoisotopic (exact) mass is 482 g/mol. The zero-order chi connectivity index (χ0) is 22.4. The minimum absolute atomic E-state index is 0. The second kappa shape index (κ2) is 12.2. The summed E-state index contributed by atoms with van der Waals surface area (Å²) in [7, 11) is -8.63. The molecule has 0 radical (unpaired) electrons. The van der Waals surface area contributed by atoms with E-state index in [1.165, 1.54) is 0 Å². The topological polar surface area (TPSA) is 127 Å². The maximum absolute atomic E-state index is 11.4. The van der Waals surface area contributed by atoms with Crippen molar-refractivity contribution in [1.82, 2.24) is 0 Å². The molecule has 2 atom stereocenters. The maximum Gasteiger partial charge on any atom is 1.00 e. The Bertz CT molecular complexity index is 941. The Morgan fingerprint density at radius 1 is 0.710 bits per heavy atom. The van der Waals surface area contributed by atoms with Gasteiger partial charge in [0.05, 0.1) is 0 Å². The van der Waals surface area contributed by atoms with Crippen LogP contribution in [-0.4, -0.2) is 36.8 Å². The first-order chi connectivity index (χ1) is 14.0. The number of ether oxygens (including phenoxy) is 2. The van der Waals surface area contributed by atoms with E-state index in [1.807, 2.05) is 0 Å².